The van der Waals surface area contributed by atoms with Crippen LogP contribution in [0.5, 0.6) is 23.0 Å². The molecule has 3 rings (SSSR count). The number of halogens is 1. The summed E-state index contributed by atoms with van der Waals surface area (Å²) in [7, 11) is 6.62. The molecule has 2 aromatic rings. The Labute approximate surface area is 181 Å². The third-order valence-corrected chi connectivity index (χ3v) is 5.72. The first kappa shape index (κ1) is 21.7. The molecule has 6 nitrogen and oxygen atoms in total. The zero-order valence-corrected chi connectivity index (χ0v) is 19.0. The van der Waals surface area contributed by atoms with Gasteiger partial charge < -0.3 is 24.3 Å². The second-order valence-corrected chi connectivity index (χ2v) is 7.80. The summed E-state index contributed by atoms with van der Waals surface area (Å²) in [6.45, 7) is 3.87. The molecule has 0 bridgehead atoms. The molecule has 0 aromatic heterocycles. The fraction of sp³-hybridized carbons (Fsp3) is 0.455. The monoisotopic (exact) mass is 464 g/mol. The Hall–Kier alpha value is -1.96. The van der Waals surface area contributed by atoms with Gasteiger partial charge in [0.15, 0.2) is 11.5 Å². The van der Waals surface area contributed by atoms with Crippen LogP contribution >= 0.6 is 15.9 Å². The van der Waals surface area contributed by atoms with Crippen molar-refractivity contribution in [2.24, 2.45) is 0 Å². The van der Waals surface area contributed by atoms with Crippen molar-refractivity contribution in [3.63, 3.8) is 0 Å². The summed E-state index contributed by atoms with van der Waals surface area (Å²) in [4.78, 5) is 2.48. The average Bonchev–Trinajstić information content (AvgIpc) is 3.02. The van der Waals surface area contributed by atoms with Crippen LogP contribution in [0, 0.1) is 0 Å². The smallest absolute Gasteiger partial charge is 0.203 e. The summed E-state index contributed by atoms with van der Waals surface area (Å²) < 4.78 is 23.5. The van der Waals surface area contributed by atoms with Crippen LogP contribution in [-0.2, 0) is 0 Å². The molecule has 1 saturated heterocycles. The third-order valence-electron chi connectivity index (χ3n) is 5.23. The van der Waals surface area contributed by atoms with E-state index in [4.69, 9.17) is 18.9 Å². The van der Waals surface area contributed by atoms with E-state index in [1.807, 2.05) is 24.3 Å². The van der Waals surface area contributed by atoms with Crippen LogP contribution in [0.1, 0.15) is 23.6 Å². The first-order valence-electron chi connectivity index (χ1n) is 9.71. The molecule has 1 fully saturated rings. The fourth-order valence-corrected chi connectivity index (χ4v) is 4.27. The van der Waals surface area contributed by atoms with Gasteiger partial charge in [-0.15, -0.1) is 0 Å². The molecule has 1 atom stereocenters. The number of hydrogen-bond acceptors (Lipinski definition) is 6. The van der Waals surface area contributed by atoms with Gasteiger partial charge in [0.05, 0.1) is 34.5 Å². The molecule has 29 heavy (non-hydrogen) atoms. The molecule has 158 valence electrons. The van der Waals surface area contributed by atoms with Crippen molar-refractivity contribution >= 4 is 15.9 Å². The Balaban J connectivity index is 2.19. The Morgan fingerprint density at radius 1 is 0.862 bits per heavy atom. The van der Waals surface area contributed by atoms with E-state index >= 15 is 0 Å². The Morgan fingerprint density at radius 2 is 1.55 bits per heavy atom. The van der Waals surface area contributed by atoms with E-state index in [9.17, 15) is 0 Å². The lowest BCUT2D eigenvalue weighted by Crippen LogP contribution is -2.33. The van der Waals surface area contributed by atoms with Gasteiger partial charge in [-0.1, -0.05) is 15.9 Å². The Bertz CT molecular complexity index is 797. The second kappa shape index (κ2) is 10.2. The van der Waals surface area contributed by atoms with Crippen LogP contribution in [0.2, 0.25) is 0 Å². The van der Waals surface area contributed by atoms with Crippen LogP contribution in [0.15, 0.2) is 34.8 Å². The van der Waals surface area contributed by atoms with Crippen molar-refractivity contribution in [1.29, 1.82) is 0 Å². The summed E-state index contributed by atoms with van der Waals surface area (Å²) in [6.07, 6.45) is 1.08. The molecule has 1 aliphatic heterocycles. The minimum atomic E-state index is -0.0175. The van der Waals surface area contributed by atoms with Gasteiger partial charge in [-0.3, -0.25) is 4.90 Å². The van der Waals surface area contributed by atoms with Gasteiger partial charge in [0.2, 0.25) is 5.75 Å². The van der Waals surface area contributed by atoms with Gasteiger partial charge in [-0.25, -0.2) is 0 Å². The molecule has 0 radical (unpaired) electrons. The molecule has 0 amide bonds. The van der Waals surface area contributed by atoms with Gasteiger partial charge in [0, 0.05) is 29.7 Å². The molecular formula is C22H29BrN2O4. The number of nitrogens with one attached hydrogen (secondary N) is 1. The summed E-state index contributed by atoms with van der Waals surface area (Å²) in [5.41, 5.74) is 2.16. The highest BCUT2D eigenvalue weighted by molar-refractivity contribution is 9.10. The van der Waals surface area contributed by atoms with Crippen molar-refractivity contribution in [2.75, 3.05) is 54.6 Å². The van der Waals surface area contributed by atoms with Gasteiger partial charge >= 0.3 is 0 Å². The van der Waals surface area contributed by atoms with Crippen LogP contribution < -0.4 is 24.3 Å². The quantitative estimate of drug-likeness (QED) is 0.670. The zero-order valence-electron chi connectivity index (χ0n) is 17.5. The third kappa shape index (κ3) is 4.79. The normalized spacial score (nSPS) is 16.0. The largest absolute Gasteiger partial charge is 0.496 e. The predicted molar refractivity (Wildman–Crippen MR) is 118 cm³/mol. The summed E-state index contributed by atoms with van der Waals surface area (Å²) >= 11 is 3.63. The molecule has 0 aliphatic carbocycles. The first-order chi connectivity index (χ1) is 14.1. The van der Waals surface area contributed by atoms with Gasteiger partial charge in [-0.05, 0) is 48.9 Å². The van der Waals surface area contributed by atoms with Crippen molar-refractivity contribution < 1.29 is 18.9 Å². The van der Waals surface area contributed by atoms with E-state index in [0.29, 0.717) is 17.2 Å². The van der Waals surface area contributed by atoms with Crippen LogP contribution in [0.25, 0.3) is 0 Å². The van der Waals surface area contributed by atoms with E-state index in [2.05, 4.69) is 32.2 Å². The summed E-state index contributed by atoms with van der Waals surface area (Å²) in [6, 6.07) is 10.2. The Morgan fingerprint density at radius 3 is 2.17 bits per heavy atom. The highest BCUT2D eigenvalue weighted by Gasteiger charge is 2.28. The minimum absolute atomic E-state index is 0.0175. The molecule has 1 N–H and O–H groups in total. The standard InChI is InChI=1S/C22H29BrN2O4/c1-26-18-7-6-16(23)14-17(18)21(25-10-5-8-24-9-11-25)15-12-19(27-2)22(29-4)20(13-15)28-3/h6-7,12-14,21,24H,5,8-11H2,1-4H3. The molecule has 7 heteroatoms. The maximum Gasteiger partial charge on any atom is 0.203 e. The highest BCUT2D eigenvalue weighted by atomic mass is 79.9. The van der Waals surface area contributed by atoms with E-state index in [0.717, 1.165) is 53.9 Å². The van der Waals surface area contributed by atoms with Crippen molar-refractivity contribution in [2.45, 2.75) is 12.5 Å². The lowest BCUT2D eigenvalue weighted by Gasteiger charge is -2.33. The van der Waals surface area contributed by atoms with Crippen LogP contribution in [0.4, 0.5) is 0 Å². The van der Waals surface area contributed by atoms with Crippen molar-refractivity contribution in [3.05, 3.63) is 45.9 Å². The van der Waals surface area contributed by atoms with E-state index < -0.39 is 0 Å². The molecule has 1 heterocycles. The van der Waals surface area contributed by atoms with Crippen LogP contribution in [0.3, 0.4) is 0 Å². The highest BCUT2D eigenvalue weighted by Crippen LogP contribution is 2.44. The number of nitrogens with zero attached hydrogens (tertiary/aromatic N) is 1. The van der Waals surface area contributed by atoms with Crippen LogP contribution in [-0.4, -0.2) is 59.5 Å². The van der Waals surface area contributed by atoms with E-state index in [-0.39, 0.29) is 6.04 Å². The summed E-state index contributed by atoms with van der Waals surface area (Å²) in [5, 5.41) is 3.49. The predicted octanol–water partition coefficient (Wildman–Crippen LogP) is 3.87. The zero-order chi connectivity index (χ0) is 20.8. The topological polar surface area (TPSA) is 52.2 Å². The molecular weight excluding hydrogens is 436 g/mol. The molecule has 0 spiro atoms. The van der Waals surface area contributed by atoms with E-state index in [1.54, 1.807) is 28.4 Å². The number of benzene rings is 2. The number of hydrogen-bond donors (Lipinski definition) is 1. The maximum atomic E-state index is 5.73. The fourth-order valence-electron chi connectivity index (χ4n) is 3.89. The molecule has 0 saturated carbocycles. The number of ether oxygens (including phenoxy) is 4. The van der Waals surface area contributed by atoms with Crippen molar-refractivity contribution in [3.8, 4) is 23.0 Å². The second-order valence-electron chi connectivity index (χ2n) is 6.89. The van der Waals surface area contributed by atoms with Gasteiger partial charge in [0.1, 0.15) is 5.75 Å². The lowest BCUT2D eigenvalue weighted by atomic mass is 9.95. The minimum Gasteiger partial charge on any atom is -0.496 e. The van der Waals surface area contributed by atoms with Gasteiger partial charge in [0.25, 0.3) is 0 Å². The van der Waals surface area contributed by atoms with Crippen molar-refractivity contribution in [1.82, 2.24) is 10.2 Å². The SMILES string of the molecule is COc1ccc(Br)cc1C(c1cc(OC)c(OC)c(OC)c1)N1CCCNCC1. The summed E-state index contributed by atoms with van der Waals surface area (Å²) in [5.74, 6) is 2.74. The maximum absolute atomic E-state index is 5.73. The lowest BCUT2D eigenvalue weighted by molar-refractivity contribution is 0.234. The Kier molecular flexibility index (Phi) is 7.64. The molecule has 1 aliphatic rings. The average molecular weight is 465 g/mol. The van der Waals surface area contributed by atoms with E-state index in [1.165, 1.54) is 0 Å². The number of rotatable bonds is 7. The molecule has 2 aromatic carbocycles. The first-order valence-corrected chi connectivity index (χ1v) is 10.5. The molecule has 1 unspecified atom stereocenters. The number of methoxy groups -OCH3 is 4. The van der Waals surface area contributed by atoms with Gasteiger partial charge in [-0.2, -0.15) is 0 Å².